The van der Waals surface area contributed by atoms with E-state index in [1.807, 2.05) is 0 Å². The summed E-state index contributed by atoms with van der Waals surface area (Å²) >= 11 is 0. The first-order valence-electron chi connectivity index (χ1n) is 6.49. The largest absolute Gasteiger partial charge is 0.486 e. The van der Waals surface area contributed by atoms with E-state index in [2.05, 4.69) is 5.32 Å². The molecule has 3 rings (SSSR count). The molecule has 108 valence electrons. The van der Waals surface area contributed by atoms with Gasteiger partial charge >= 0.3 is 0 Å². The highest BCUT2D eigenvalue weighted by atomic mass is 32.2. The predicted molar refractivity (Wildman–Crippen MR) is 72.2 cm³/mol. The summed E-state index contributed by atoms with van der Waals surface area (Å²) in [6.45, 7) is 1.63. The Bertz CT molecular complexity index is 663. The Kier molecular flexibility index (Phi) is 3.07. The molecule has 1 spiro atoms. The number of nitrogens with two attached hydrogens (primary N) is 1. The molecule has 7 heteroatoms. The second-order valence-corrected chi connectivity index (χ2v) is 6.90. The van der Waals surface area contributed by atoms with E-state index in [4.69, 9.17) is 9.88 Å². The van der Waals surface area contributed by atoms with Crippen LogP contribution in [0.5, 0.6) is 5.75 Å². The summed E-state index contributed by atoms with van der Waals surface area (Å²) in [6.07, 6.45) is 1.83. The van der Waals surface area contributed by atoms with E-state index >= 15 is 0 Å². The molecule has 2 aliphatic rings. The first-order chi connectivity index (χ1) is 9.40. The Labute approximate surface area is 117 Å². The van der Waals surface area contributed by atoms with Crippen LogP contribution in [-0.2, 0) is 10.0 Å². The SMILES string of the molecule is NS(=O)(=O)c1ccc2c(c1)C(=O)CC1(CCNCC1)O2. The van der Waals surface area contributed by atoms with Gasteiger partial charge in [0.1, 0.15) is 11.4 Å². The van der Waals surface area contributed by atoms with Crippen LogP contribution in [0, 0.1) is 0 Å². The smallest absolute Gasteiger partial charge is 0.238 e. The van der Waals surface area contributed by atoms with Gasteiger partial charge in [0.15, 0.2) is 5.78 Å². The van der Waals surface area contributed by atoms with Crippen LogP contribution in [-0.4, -0.2) is 32.9 Å². The van der Waals surface area contributed by atoms with Crippen LogP contribution >= 0.6 is 0 Å². The lowest BCUT2D eigenvalue weighted by atomic mass is 9.83. The number of carbonyl (C=O) groups excluding carboxylic acids is 1. The summed E-state index contributed by atoms with van der Waals surface area (Å²) in [5.74, 6) is 0.370. The molecule has 0 atom stereocenters. The minimum atomic E-state index is -3.81. The first kappa shape index (κ1) is 13.5. The molecule has 20 heavy (non-hydrogen) atoms. The van der Waals surface area contributed by atoms with Crippen LogP contribution in [0.4, 0.5) is 0 Å². The van der Waals surface area contributed by atoms with Crippen molar-refractivity contribution in [3.8, 4) is 5.75 Å². The molecule has 0 saturated carbocycles. The molecule has 2 aliphatic heterocycles. The van der Waals surface area contributed by atoms with Gasteiger partial charge in [-0.3, -0.25) is 4.79 Å². The summed E-state index contributed by atoms with van der Waals surface area (Å²) in [5.41, 5.74) is -0.140. The molecule has 0 amide bonds. The van der Waals surface area contributed by atoms with Crippen molar-refractivity contribution in [1.82, 2.24) is 5.32 Å². The van der Waals surface area contributed by atoms with E-state index in [1.165, 1.54) is 18.2 Å². The fourth-order valence-corrected chi connectivity index (χ4v) is 3.35. The van der Waals surface area contributed by atoms with E-state index in [1.54, 1.807) is 0 Å². The van der Waals surface area contributed by atoms with Crippen molar-refractivity contribution in [1.29, 1.82) is 0 Å². The average Bonchev–Trinajstić information content (AvgIpc) is 2.38. The topological polar surface area (TPSA) is 98.5 Å². The number of nitrogens with one attached hydrogen (secondary N) is 1. The monoisotopic (exact) mass is 296 g/mol. The molecule has 0 aliphatic carbocycles. The Hall–Kier alpha value is -1.44. The van der Waals surface area contributed by atoms with Crippen molar-refractivity contribution in [3.63, 3.8) is 0 Å². The molecule has 0 radical (unpaired) electrons. The number of rotatable bonds is 1. The van der Waals surface area contributed by atoms with Crippen LogP contribution in [0.3, 0.4) is 0 Å². The lowest BCUT2D eigenvalue weighted by molar-refractivity contribution is 0.0187. The average molecular weight is 296 g/mol. The van der Waals surface area contributed by atoms with E-state index in [0.29, 0.717) is 11.3 Å². The summed E-state index contributed by atoms with van der Waals surface area (Å²) in [7, 11) is -3.81. The number of sulfonamides is 1. The summed E-state index contributed by atoms with van der Waals surface area (Å²) in [5, 5.41) is 8.32. The Morgan fingerprint density at radius 1 is 1.25 bits per heavy atom. The van der Waals surface area contributed by atoms with Crippen LogP contribution in [0.1, 0.15) is 29.6 Å². The van der Waals surface area contributed by atoms with Crippen LogP contribution < -0.4 is 15.2 Å². The van der Waals surface area contributed by atoms with Crippen molar-refractivity contribution in [2.45, 2.75) is 29.8 Å². The van der Waals surface area contributed by atoms with Crippen molar-refractivity contribution < 1.29 is 17.9 Å². The fraction of sp³-hybridized carbons (Fsp3) is 0.462. The van der Waals surface area contributed by atoms with Gasteiger partial charge in [-0.25, -0.2) is 13.6 Å². The summed E-state index contributed by atoms with van der Waals surface area (Å²) < 4.78 is 28.7. The van der Waals surface area contributed by atoms with Gasteiger partial charge in [0.2, 0.25) is 10.0 Å². The number of fused-ring (bicyclic) bond motifs is 1. The molecule has 2 heterocycles. The number of piperidine rings is 1. The lowest BCUT2D eigenvalue weighted by Gasteiger charge is -2.40. The summed E-state index contributed by atoms with van der Waals surface area (Å²) in [6, 6.07) is 4.21. The number of primary sulfonamides is 1. The maximum absolute atomic E-state index is 12.3. The molecule has 6 nitrogen and oxygen atoms in total. The van der Waals surface area contributed by atoms with Crippen molar-refractivity contribution in [2.75, 3.05) is 13.1 Å². The van der Waals surface area contributed by atoms with Gasteiger partial charge < -0.3 is 10.1 Å². The zero-order valence-corrected chi connectivity index (χ0v) is 11.7. The third-order valence-corrected chi connectivity index (χ3v) is 4.81. The molecule has 1 aromatic carbocycles. The number of hydrogen-bond acceptors (Lipinski definition) is 5. The Morgan fingerprint density at radius 2 is 1.95 bits per heavy atom. The van der Waals surface area contributed by atoms with Gasteiger partial charge in [-0.15, -0.1) is 0 Å². The van der Waals surface area contributed by atoms with E-state index < -0.39 is 15.6 Å². The van der Waals surface area contributed by atoms with E-state index in [9.17, 15) is 13.2 Å². The Balaban J connectivity index is 2.00. The number of benzene rings is 1. The maximum atomic E-state index is 12.3. The molecule has 1 fully saturated rings. The second kappa shape index (κ2) is 4.54. The fourth-order valence-electron chi connectivity index (χ4n) is 2.81. The highest BCUT2D eigenvalue weighted by molar-refractivity contribution is 7.89. The van der Waals surface area contributed by atoms with E-state index in [-0.39, 0.29) is 17.1 Å². The molecular weight excluding hydrogens is 280 g/mol. The molecule has 3 N–H and O–H groups in total. The van der Waals surface area contributed by atoms with Crippen LogP contribution in [0.15, 0.2) is 23.1 Å². The normalized spacial score (nSPS) is 21.4. The molecule has 0 unspecified atom stereocenters. The summed E-state index contributed by atoms with van der Waals surface area (Å²) in [4.78, 5) is 12.2. The third kappa shape index (κ3) is 2.32. The standard InChI is InChI=1S/C13H16N2O4S/c14-20(17,18)9-1-2-12-10(7-9)11(16)8-13(19-12)3-5-15-6-4-13/h1-2,7,15H,3-6,8H2,(H2,14,17,18). The molecule has 0 aromatic heterocycles. The van der Waals surface area contributed by atoms with Crippen LogP contribution in [0.25, 0.3) is 0 Å². The first-order valence-corrected chi connectivity index (χ1v) is 8.04. The van der Waals surface area contributed by atoms with Crippen LogP contribution in [0.2, 0.25) is 0 Å². The molecule has 1 saturated heterocycles. The maximum Gasteiger partial charge on any atom is 0.238 e. The third-order valence-electron chi connectivity index (χ3n) is 3.90. The van der Waals surface area contributed by atoms with Gasteiger partial charge in [0.25, 0.3) is 0 Å². The van der Waals surface area contributed by atoms with Gasteiger partial charge in [-0.1, -0.05) is 0 Å². The zero-order valence-electron chi connectivity index (χ0n) is 10.9. The lowest BCUT2D eigenvalue weighted by Crippen LogP contribution is -2.49. The molecule has 0 bridgehead atoms. The number of hydrogen-bond donors (Lipinski definition) is 2. The highest BCUT2D eigenvalue weighted by Crippen LogP contribution is 2.38. The van der Waals surface area contributed by atoms with Crippen molar-refractivity contribution >= 4 is 15.8 Å². The number of carbonyl (C=O) groups is 1. The molecular formula is C13H16N2O4S. The number of Topliss-reactive ketones (excluding diaryl/α,β-unsaturated/α-hetero) is 1. The van der Waals surface area contributed by atoms with Crippen molar-refractivity contribution in [2.24, 2.45) is 5.14 Å². The van der Waals surface area contributed by atoms with E-state index in [0.717, 1.165) is 25.9 Å². The van der Waals surface area contributed by atoms with Crippen molar-refractivity contribution in [3.05, 3.63) is 23.8 Å². The van der Waals surface area contributed by atoms with Gasteiger partial charge in [-0.2, -0.15) is 0 Å². The predicted octanol–water partition coefficient (Wildman–Crippen LogP) is 0.421. The van der Waals surface area contributed by atoms with Gasteiger partial charge in [0, 0.05) is 12.8 Å². The minimum absolute atomic E-state index is 0.0607. The number of ether oxygens (including phenoxy) is 1. The minimum Gasteiger partial charge on any atom is -0.486 e. The second-order valence-electron chi connectivity index (χ2n) is 5.34. The quantitative estimate of drug-likeness (QED) is 0.782. The highest BCUT2D eigenvalue weighted by Gasteiger charge is 2.41. The Morgan fingerprint density at radius 3 is 2.60 bits per heavy atom. The molecule has 1 aromatic rings. The van der Waals surface area contributed by atoms with Gasteiger partial charge in [-0.05, 0) is 31.3 Å². The number of ketones is 1. The van der Waals surface area contributed by atoms with Gasteiger partial charge in [0.05, 0.1) is 16.9 Å². The zero-order chi connectivity index (χ0) is 14.4.